The number of hydrogen-bond acceptors (Lipinski definition) is 3. The van der Waals surface area contributed by atoms with Crippen molar-refractivity contribution >= 4 is 17.3 Å². The maximum Gasteiger partial charge on any atom is 0.279 e. The van der Waals surface area contributed by atoms with Gasteiger partial charge in [-0.25, -0.2) is 4.39 Å². The molecule has 1 amide bonds. The summed E-state index contributed by atoms with van der Waals surface area (Å²) < 4.78 is 13.0. The summed E-state index contributed by atoms with van der Waals surface area (Å²) in [6.45, 7) is 3.85. The second-order valence-electron chi connectivity index (χ2n) is 6.47. The van der Waals surface area contributed by atoms with Crippen LogP contribution in [-0.4, -0.2) is 38.6 Å². The molecule has 0 aliphatic carbocycles. The fourth-order valence-electron chi connectivity index (χ4n) is 3.14. The van der Waals surface area contributed by atoms with E-state index in [2.05, 4.69) is 16.3 Å². The molecule has 0 aromatic heterocycles. The predicted octanol–water partition coefficient (Wildman–Crippen LogP) is 1.24. The third-order valence-electron chi connectivity index (χ3n) is 4.59. The standard InChI is InChI=1S/C20H21FN4O/c21-17-3-7-19(8-4-17)25-13-11-24(12-14-25)15-20(26)23-18-5-1-16(2-6-18)9-10-22/h1-8H,9,11-15H2,(H,23,26)/p+1. The average Bonchev–Trinajstić information content (AvgIpc) is 2.65. The summed E-state index contributed by atoms with van der Waals surface area (Å²) in [7, 11) is 0. The Morgan fingerprint density at radius 3 is 2.38 bits per heavy atom. The van der Waals surface area contributed by atoms with Crippen LogP contribution in [0.15, 0.2) is 48.5 Å². The average molecular weight is 353 g/mol. The molecule has 1 fully saturated rings. The van der Waals surface area contributed by atoms with Crippen LogP contribution in [0.2, 0.25) is 0 Å². The minimum absolute atomic E-state index is 0.0109. The van der Waals surface area contributed by atoms with E-state index in [0.29, 0.717) is 13.0 Å². The first-order chi connectivity index (χ1) is 12.6. The van der Waals surface area contributed by atoms with Crippen molar-refractivity contribution in [2.45, 2.75) is 6.42 Å². The fourth-order valence-corrected chi connectivity index (χ4v) is 3.14. The molecule has 26 heavy (non-hydrogen) atoms. The highest BCUT2D eigenvalue weighted by Crippen LogP contribution is 2.14. The van der Waals surface area contributed by atoms with Crippen molar-refractivity contribution in [2.24, 2.45) is 0 Å². The smallest absolute Gasteiger partial charge is 0.279 e. The molecule has 0 bridgehead atoms. The summed E-state index contributed by atoms with van der Waals surface area (Å²) in [5.74, 6) is -0.237. The van der Waals surface area contributed by atoms with Crippen molar-refractivity contribution in [3.8, 4) is 6.07 Å². The monoisotopic (exact) mass is 353 g/mol. The zero-order chi connectivity index (χ0) is 18.4. The normalized spacial score (nSPS) is 14.7. The molecule has 2 N–H and O–H groups in total. The maximum atomic E-state index is 13.0. The highest BCUT2D eigenvalue weighted by molar-refractivity contribution is 5.91. The highest BCUT2D eigenvalue weighted by Gasteiger charge is 2.22. The number of anilines is 2. The summed E-state index contributed by atoms with van der Waals surface area (Å²) >= 11 is 0. The number of halogens is 1. The number of carbonyl (C=O) groups excluding carboxylic acids is 1. The first-order valence-electron chi connectivity index (χ1n) is 8.74. The van der Waals surface area contributed by atoms with E-state index in [4.69, 9.17) is 5.26 Å². The van der Waals surface area contributed by atoms with Gasteiger partial charge in [0, 0.05) is 11.4 Å². The number of piperazine rings is 1. The third kappa shape index (κ3) is 4.80. The van der Waals surface area contributed by atoms with Crippen LogP contribution in [-0.2, 0) is 11.2 Å². The van der Waals surface area contributed by atoms with Crippen molar-refractivity contribution in [2.75, 3.05) is 42.9 Å². The zero-order valence-electron chi connectivity index (χ0n) is 14.5. The Balaban J connectivity index is 1.46. The topological polar surface area (TPSA) is 60.6 Å². The minimum atomic E-state index is -0.227. The molecule has 3 rings (SSSR count). The molecule has 134 valence electrons. The molecule has 0 radical (unpaired) electrons. The van der Waals surface area contributed by atoms with Gasteiger partial charge in [0.15, 0.2) is 6.54 Å². The van der Waals surface area contributed by atoms with E-state index in [-0.39, 0.29) is 11.7 Å². The van der Waals surface area contributed by atoms with Crippen molar-refractivity contribution in [3.05, 3.63) is 59.9 Å². The fraction of sp³-hybridized carbons (Fsp3) is 0.300. The summed E-state index contributed by atoms with van der Waals surface area (Å²) in [6, 6.07) is 16.0. The van der Waals surface area contributed by atoms with Gasteiger partial charge in [-0.2, -0.15) is 5.26 Å². The first kappa shape index (κ1) is 17.9. The Morgan fingerprint density at radius 2 is 1.77 bits per heavy atom. The number of hydrogen-bond donors (Lipinski definition) is 2. The molecule has 0 unspecified atom stereocenters. The second-order valence-corrected chi connectivity index (χ2v) is 6.47. The van der Waals surface area contributed by atoms with Crippen LogP contribution in [0, 0.1) is 17.1 Å². The molecule has 0 spiro atoms. The molecule has 6 heteroatoms. The van der Waals surface area contributed by atoms with Gasteiger partial charge in [-0.15, -0.1) is 0 Å². The minimum Gasteiger partial charge on any atom is -0.360 e. The molecule has 1 aliphatic heterocycles. The van der Waals surface area contributed by atoms with E-state index >= 15 is 0 Å². The molecule has 1 heterocycles. The van der Waals surface area contributed by atoms with E-state index in [1.165, 1.54) is 17.0 Å². The lowest BCUT2D eigenvalue weighted by Crippen LogP contribution is -3.15. The van der Waals surface area contributed by atoms with Crippen LogP contribution in [0.25, 0.3) is 0 Å². The molecular weight excluding hydrogens is 331 g/mol. The highest BCUT2D eigenvalue weighted by atomic mass is 19.1. The van der Waals surface area contributed by atoms with E-state index in [1.807, 2.05) is 24.3 Å². The Kier molecular flexibility index (Phi) is 5.82. The third-order valence-corrected chi connectivity index (χ3v) is 4.59. The van der Waals surface area contributed by atoms with Crippen LogP contribution in [0.5, 0.6) is 0 Å². The number of carbonyl (C=O) groups is 1. The van der Waals surface area contributed by atoms with Gasteiger partial charge in [-0.3, -0.25) is 4.79 Å². The van der Waals surface area contributed by atoms with Crippen LogP contribution < -0.4 is 15.1 Å². The summed E-state index contributed by atoms with van der Waals surface area (Å²) in [4.78, 5) is 15.7. The largest absolute Gasteiger partial charge is 0.360 e. The lowest BCUT2D eigenvalue weighted by molar-refractivity contribution is -0.892. The summed E-state index contributed by atoms with van der Waals surface area (Å²) in [5.41, 5.74) is 2.71. The Bertz CT molecular complexity index is 775. The molecule has 2 aromatic carbocycles. The molecule has 0 atom stereocenters. The number of nitrogens with zero attached hydrogens (tertiary/aromatic N) is 2. The Hall–Kier alpha value is -2.91. The molecule has 1 saturated heterocycles. The SMILES string of the molecule is N#CCc1ccc(NC(=O)C[NH+]2CCN(c3ccc(F)cc3)CC2)cc1. The second kappa shape index (κ2) is 8.45. The quantitative estimate of drug-likeness (QED) is 0.850. The van der Waals surface area contributed by atoms with Gasteiger partial charge in [-0.05, 0) is 42.0 Å². The lowest BCUT2D eigenvalue weighted by atomic mass is 10.1. The number of rotatable bonds is 5. The van der Waals surface area contributed by atoms with Crippen molar-refractivity contribution in [1.29, 1.82) is 5.26 Å². The van der Waals surface area contributed by atoms with Gasteiger partial charge in [0.2, 0.25) is 0 Å². The first-order valence-corrected chi connectivity index (χ1v) is 8.74. The van der Waals surface area contributed by atoms with Gasteiger partial charge in [-0.1, -0.05) is 12.1 Å². The van der Waals surface area contributed by atoms with E-state index in [0.717, 1.165) is 43.1 Å². The van der Waals surface area contributed by atoms with E-state index < -0.39 is 0 Å². The number of benzene rings is 2. The van der Waals surface area contributed by atoms with Gasteiger partial charge in [0.25, 0.3) is 5.91 Å². The van der Waals surface area contributed by atoms with Crippen molar-refractivity contribution < 1.29 is 14.1 Å². The van der Waals surface area contributed by atoms with E-state index in [9.17, 15) is 9.18 Å². The van der Waals surface area contributed by atoms with Crippen LogP contribution in [0.3, 0.4) is 0 Å². The summed E-state index contributed by atoms with van der Waals surface area (Å²) in [6.07, 6.45) is 0.372. The molecule has 5 nitrogen and oxygen atoms in total. The van der Waals surface area contributed by atoms with Crippen molar-refractivity contribution in [3.63, 3.8) is 0 Å². The predicted molar refractivity (Wildman–Crippen MR) is 98.6 cm³/mol. The van der Waals surface area contributed by atoms with Gasteiger partial charge in [0.1, 0.15) is 5.82 Å². The maximum absolute atomic E-state index is 13.0. The van der Waals surface area contributed by atoms with E-state index in [1.54, 1.807) is 12.1 Å². The van der Waals surface area contributed by atoms with Crippen molar-refractivity contribution in [1.82, 2.24) is 0 Å². The number of nitrogens with one attached hydrogen (secondary N) is 2. The Labute approximate surface area is 152 Å². The van der Waals surface area contributed by atoms with Gasteiger partial charge in [0.05, 0.1) is 38.7 Å². The number of nitriles is 1. The lowest BCUT2D eigenvalue weighted by Gasteiger charge is -2.33. The molecule has 0 saturated carbocycles. The summed E-state index contributed by atoms with van der Waals surface area (Å²) in [5, 5.41) is 11.6. The van der Waals surface area contributed by atoms with Gasteiger partial charge >= 0.3 is 0 Å². The molecular formula is C20H22FN4O+. The molecule has 2 aromatic rings. The van der Waals surface area contributed by atoms with Crippen LogP contribution >= 0.6 is 0 Å². The number of amides is 1. The van der Waals surface area contributed by atoms with Crippen LogP contribution in [0.4, 0.5) is 15.8 Å². The Morgan fingerprint density at radius 1 is 1.12 bits per heavy atom. The molecule has 1 aliphatic rings. The van der Waals surface area contributed by atoms with Crippen LogP contribution in [0.1, 0.15) is 5.56 Å². The van der Waals surface area contributed by atoms with Gasteiger partial charge < -0.3 is 15.1 Å². The number of quaternary nitrogens is 1. The zero-order valence-corrected chi connectivity index (χ0v) is 14.5.